The average Bonchev–Trinajstić information content (AvgIpc) is 2.62. The summed E-state index contributed by atoms with van der Waals surface area (Å²) in [6.07, 6.45) is 0.694. The Labute approximate surface area is 158 Å². The van der Waals surface area contributed by atoms with Crippen LogP contribution in [0.4, 0.5) is 10.1 Å². The third-order valence-corrected chi connectivity index (χ3v) is 5.29. The largest absolute Gasteiger partial charge is 0.483 e. The fraction of sp³-hybridized carbons (Fsp3) is 0.316. The Morgan fingerprint density at radius 2 is 1.85 bits per heavy atom. The van der Waals surface area contributed by atoms with Crippen molar-refractivity contribution in [1.29, 1.82) is 0 Å². The zero-order chi connectivity index (χ0) is 20.0. The molecule has 1 amide bonds. The van der Waals surface area contributed by atoms with Crippen LogP contribution < -0.4 is 14.8 Å². The monoisotopic (exact) mass is 394 g/mol. The van der Waals surface area contributed by atoms with E-state index in [1.165, 1.54) is 30.3 Å². The molecule has 0 spiro atoms. The van der Waals surface area contributed by atoms with Crippen molar-refractivity contribution in [2.24, 2.45) is 0 Å². The van der Waals surface area contributed by atoms with E-state index in [9.17, 15) is 17.6 Å². The van der Waals surface area contributed by atoms with Crippen molar-refractivity contribution >= 4 is 21.6 Å². The lowest BCUT2D eigenvalue weighted by Gasteiger charge is -2.12. The van der Waals surface area contributed by atoms with E-state index in [4.69, 9.17) is 4.74 Å². The number of rotatable bonds is 8. The molecule has 2 aromatic rings. The zero-order valence-corrected chi connectivity index (χ0v) is 16.3. The van der Waals surface area contributed by atoms with Gasteiger partial charge in [0, 0.05) is 12.2 Å². The molecule has 0 bridgehead atoms. The van der Waals surface area contributed by atoms with E-state index in [0.717, 1.165) is 5.56 Å². The van der Waals surface area contributed by atoms with Crippen LogP contribution in [0.15, 0.2) is 41.3 Å². The third kappa shape index (κ3) is 5.77. The molecule has 0 radical (unpaired) electrons. The Kier molecular flexibility index (Phi) is 6.92. The van der Waals surface area contributed by atoms with Gasteiger partial charge in [-0.1, -0.05) is 13.0 Å². The first-order valence-electron chi connectivity index (χ1n) is 8.52. The van der Waals surface area contributed by atoms with Gasteiger partial charge >= 0.3 is 0 Å². The minimum Gasteiger partial charge on any atom is -0.483 e. The highest BCUT2D eigenvalue weighted by molar-refractivity contribution is 7.89. The number of carbonyl (C=O) groups is 1. The highest BCUT2D eigenvalue weighted by Crippen LogP contribution is 2.22. The van der Waals surface area contributed by atoms with Crippen molar-refractivity contribution in [1.82, 2.24) is 4.72 Å². The van der Waals surface area contributed by atoms with Gasteiger partial charge in [0.25, 0.3) is 5.91 Å². The molecule has 2 aromatic carbocycles. The Morgan fingerprint density at radius 1 is 1.11 bits per heavy atom. The molecule has 0 unspecified atom stereocenters. The summed E-state index contributed by atoms with van der Waals surface area (Å²) >= 11 is 0. The average molecular weight is 394 g/mol. The van der Waals surface area contributed by atoms with Crippen molar-refractivity contribution in [3.05, 3.63) is 53.3 Å². The predicted molar refractivity (Wildman–Crippen MR) is 102 cm³/mol. The molecule has 27 heavy (non-hydrogen) atoms. The van der Waals surface area contributed by atoms with E-state index in [1.807, 2.05) is 6.92 Å². The van der Waals surface area contributed by atoms with Crippen molar-refractivity contribution in [3.8, 4) is 5.75 Å². The summed E-state index contributed by atoms with van der Waals surface area (Å²) in [4.78, 5) is 12.2. The van der Waals surface area contributed by atoms with Crippen LogP contribution in [0.25, 0.3) is 0 Å². The zero-order valence-electron chi connectivity index (χ0n) is 15.5. The Morgan fingerprint density at radius 3 is 2.52 bits per heavy atom. The van der Waals surface area contributed by atoms with Gasteiger partial charge in [-0.3, -0.25) is 4.79 Å². The summed E-state index contributed by atoms with van der Waals surface area (Å²) < 4.78 is 45.5. The van der Waals surface area contributed by atoms with Crippen LogP contribution in [0.2, 0.25) is 0 Å². The molecule has 0 aliphatic carbocycles. The van der Waals surface area contributed by atoms with Crippen LogP contribution in [0, 0.1) is 19.7 Å². The predicted octanol–water partition coefficient (Wildman–Crippen LogP) is 3.15. The normalized spacial score (nSPS) is 11.3. The number of aryl methyl sites for hydroxylation is 2. The Bertz CT molecular complexity index is 929. The maximum atomic E-state index is 13.3. The van der Waals surface area contributed by atoms with Crippen molar-refractivity contribution < 1.29 is 22.3 Å². The molecular formula is C19H23FN2O4S. The highest BCUT2D eigenvalue weighted by atomic mass is 32.2. The maximum absolute atomic E-state index is 13.3. The molecule has 0 aromatic heterocycles. The van der Waals surface area contributed by atoms with Gasteiger partial charge in [0.1, 0.15) is 11.6 Å². The van der Waals surface area contributed by atoms with Gasteiger partial charge in [-0.15, -0.1) is 0 Å². The number of amides is 1. The number of carbonyl (C=O) groups excluding carboxylic acids is 1. The Balaban J connectivity index is 2.01. The number of benzene rings is 2. The lowest BCUT2D eigenvalue weighted by molar-refractivity contribution is -0.118. The van der Waals surface area contributed by atoms with Crippen LogP contribution in [0.1, 0.15) is 24.5 Å². The van der Waals surface area contributed by atoms with Crippen LogP contribution in [-0.2, 0) is 14.8 Å². The van der Waals surface area contributed by atoms with Gasteiger partial charge in [-0.2, -0.15) is 0 Å². The molecule has 146 valence electrons. The number of ether oxygens (including phenoxy) is 1. The number of hydrogen-bond donors (Lipinski definition) is 2. The number of hydrogen-bond acceptors (Lipinski definition) is 4. The number of anilines is 1. The van der Waals surface area contributed by atoms with E-state index in [-0.39, 0.29) is 11.5 Å². The fourth-order valence-electron chi connectivity index (χ4n) is 2.33. The third-order valence-electron chi connectivity index (χ3n) is 3.83. The molecule has 6 nitrogen and oxygen atoms in total. The van der Waals surface area contributed by atoms with E-state index >= 15 is 0 Å². The molecule has 2 N–H and O–H groups in total. The van der Waals surface area contributed by atoms with Crippen molar-refractivity contribution in [3.63, 3.8) is 0 Å². The van der Waals surface area contributed by atoms with Gasteiger partial charge in [0.05, 0.1) is 4.90 Å². The SMILES string of the molecule is CCCNS(=O)(=O)c1ccc(OCC(=O)Nc2cc(F)ccc2C)c(C)c1. The molecule has 0 saturated carbocycles. The van der Waals surface area contributed by atoms with Crippen LogP contribution in [0.3, 0.4) is 0 Å². The lowest BCUT2D eigenvalue weighted by Crippen LogP contribution is -2.24. The van der Waals surface area contributed by atoms with Crippen LogP contribution in [-0.4, -0.2) is 27.5 Å². The Hall–Kier alpha value is -2.45. The van der Waals surface area contributed by atoms with Gasteiger partial charge < -0.3 is 10.1 Å². The smallest absolute Gasteiger partial charge is 0.262 e. The molecule has 2 rings (SSSR count). The number of halogens is 1. The topological polar surface area (TPSA) is 84.5 Å². The molecule has 0 heterocycles. The van der Waals surface area contributed by atoms with Crippen molar-refractivity contribution in [2.75, 3.05) is 18.5 Å². The second-order valence-corrected chi connectivity index (χ2v) is 7.89. The second kappa shape index (κ2) is 8.96. The first kappa shape index (κ1) is 20.9. The summed E-state index contributed by atoms with van der Waals surface area (Å²) in [5.74, 6) is -0.485. The summed E-state index contributed by atoms with van der Waals surface area (Å²) in [5, 5.41) is 2.59. The quantitative estimate of drug-likeness (QED) is 0.720. The van der Waals surface area contributed by atoms with Gasteiger partial charge in [-0.25, -0.2) is 17.5 Å². The second-order valence-electron chi connectivity index (χ2n) is 6.12. The van der Waals surface area contributed by atoms with E-state index in [0.29, 0.717) is 30.0 Å². The van der Waals surface area contributed by atoms with Gasteiger partial charge in [-0.05, 0) is 61.7 Å². The molecule has 0 fully saturated rings. The van der Waals surface area contributed by atoms with Gasteiger partial charge in [0.2, 0.25) is 10.0 Å². The summed E-state index contributed by atoms with van der Waals surface area (Å²) in [7, 11) is -3.56. The lowest BCUT2D eigenvalue weighted by atomic mass is 10.2. The summed E-state index contributed by atoms with van der Waals surface area (Å²) in [6.45, 7) is 5.41. The molecule has 0 aliphatic heterocycles. The first-order valence-corrected chi connectivity index (χ1v) is 10.0. The molecule has 8 heteroatoms. The van der Waals surface area contributed by atoms with Crippen LogP contribution in [0.5, 0.6) is 5.75 Å². The molecule has 0 aliphatic rings. The highest BCUT2D eigenvalue weighted by Gasteiger charge is 2.15. The van der Waals surface area contributed by atoms with E-state index < -0.39 is 21.7 Å². The van der Waals surface area contributed by atoms with Crippen LogP contribution >= 0.6 is 0 Å². The number of nitrogens with one attached hydrogen (secondary N) is 2. The molecule has 0 saturated heterocycles. The van der Waals surface area contributed by atoms with Gasteiger partial charge in [0.15, 0.2) is 6.61 Å². The summed E-state index contributed by atoms with van der Waals surface area (Å²) in [5.41, 5.74) is 1.70. The van der Waals surface area contributed by atoms with Crippen molar-refractivity contribution in [2.45, 2.75) is 32.1 Å². The van der Waals surface area contributed by atoms with E-state index in [2.05, 4.69) is 10.0 Å². The number of sulfonamides is 1. The first-order chi connectivity index (χ1) is 12.7. The molecule has 0 atom stereocenters. The standard InChI is InChI=1S/C19H23FN2O4S/c1-4-9-21-27(24,25)16-7-8-18(14(3)10-16)26-12-19(23)22-17-11-15(20)6-5-13(17)2/h5-8,10-11,21H,4,9,12H2,1-3H3,(H,22,23). The maximum Gasteiger partial charge on any atom is 0.262 e. The fourth-order valence-corrected chi connectivity index (χ4v) is 3.55. The minimum absolute atomic E-state index is 0.139. The summed E-state index contributed by atoms with van der Waals surface area (Å²) in [6, 6.07) is 8.55. The minimum atomic E-state index is -3.56. The molecular weight excluding hydrogens is 371 g/mol. The van der Waals surface area contributed by atoms with E-state index in [1.54, 1.807) is 19.9 Å².